The summed E-state index contributed by atoms with van der Waals surface area (Å²) in [7, 11) is 0. The van der Waals surface area contributed by atoms with E-state index in [-0.39, 0.29) is 6.04 Å². The van der Waals surface area contributed by atoms with Gasteiger partial charge in [0.05, 0.1) is 0 Å². The Bertz CT molecular complexity index is 385. The van der Waals surface area contributed by atoms with E-state index < -0.39 is 11.6 Å². The maximum atomic E-state index is 13.2. The molecule has 1 fully saturated rings. The van der Waals surface area contributed by atoms with Crippen LogP contribution in [0.5, 0.6) is 0 Å². The monoisotopic (exact) mass is 253 g/mol. The van der Waals surface area contributed by atoms with Crippen LogP contribution in [0.3, 0.4) is 0 Å². The molecule has 1 saturated carbocycles. The van der Waals surface area contributed by atoms with E-state index in [1.54, 1.807) is 0 Å². The van der Waals surface area contributed by atoms with Gasteiger partial charge in [0, 0.05) is 18.2 Å². The molecule has 0 aliphatic heterocycles. The van der Waals surface area contributed by atoms with Gasteiger partial charge in [-0.15, -0.1) is 0 Å². The molecule has 0 amide bonds. The van der Waals surface area contributed by atoms with Crippen LogP contribution in [0.25, 0.3) is 0 Å². The predicted octanol–water partition coefficient (Wildman–Crippen LogP) is 4.19. The smallest absolute Gasteiger partial charge is 0.126 e. The van der Waals surface area contributed by atoms with Crippen molar-refractivity contribution in [2.45, 2.75) is 51.6 Å². The van der Waals surface area contributed by atoms with Gasteiger partial charge >= 0.3 is 0 Å². The van der Waals surface area contributed by atoms with Crippen molar-refractivity contribution in [1.82, 2.24) is 5.32 Å². The van der Waals surface area contributed by atoms with Crippen LogP contribution in [-0.2, 0) is 0 Å². The number of halogens is 2. The van der Waals surface area contributed by atoms with E-state index in [4.69, 9.17) is 0 Å². The molecule has 3 heteroatoms. The van der Waals surface area contributed by atoms with Crippen LogP contribution in [0.1, 0.15) is 51.1 Å². The molecule has 1 aromatic carbocycles. The first-order valence-corrected chi connectivity index (χ1v) is 6.78. The molecule has 0 aromatic heterocycles. The summed E-state index contributed by atoms with van der Waals surface area (Å²) >= 11 is 0. The zero-order chi connectivity index (χ0) is 13.1. The largest absolute Gasteiger partial charge is 0.307 e. The van der Waals surface area contributed by atoms with Crippen LogP contribution in [0, 0.1) is 17.6 Å². The predicted molar refractivity (Wildman–Crippen MR) is 69.3 cm³/mol. The highest BCUT2D eigenvalue weighted by Crippen LogP contribution is 2.26. The van der Waals surface area contributed by atoms with Crippen LogP contribution in [-0.4, -0.2) is 6.04 Å². The van der Waals surface area contributed by atoms with Crippen molar-refractivity contribution >= 4 is 0 Å². The lowest BCUT2D eigenvalue weighted by molar-refractivity contribution is 0.263. The molecule has 2 rings (SSSR count). The second kappa shape index (κ2) is 5.79. The highest BCUT2D eigenvalue weighted by molar-refractivity contribution is 5.21. The van der Waals surface area contributed by atoms with Crippen LogP contribution in [0.2, 0.25) is 0 Å². The van der Waals surface area contributed by atoms with Crippen molar-refractivity contribution in [2.24, 2.45) is 5.92 Å². The average Bonchev–Trinajstić information content (AvgIpc) is 2.31. The first-order chi connectivity index (χ1) is 8.56. The molecule has 0 bridgehead atoms. The minimum atomic E-state index is -0.504. The third-order valence-corrected chi connectivity index (χ3v) is 3.96. The van der Waals surface area contributed by atoms with Crippen molar-refractivity contribution in [1.29, 1.82) is 0 Å². The molecule has 1 aromatic rings. The Morgan fingerprint density at radius 2 is 1.72 bits per heavy atom. The molecule has 1 nitrogen and oxygen atoms in total. The van der Waals surface area contributed by atoms with Gasteiger partial charge in [-0.3, -0.25) is 0 Å². The van der Waals surface area contributed by atoms with E-state index in [1.807, 2.05) is 6.92 Å². The Labute approximate surface area is 108 Å². The van der Waals surface area contributed by atoms with E-state index in [0.29, 0.717) is 17.5 Å². The molecule has 0 spiro atoms. The molecule has 0 radical (unpaired) electrons. The van der Waals surface area contributed by atoms with Gasteiger partial charge in [-0.25, -0.2) is 8.78 Å². The fraction of sp³-hybridized carbons (Fsp3) is 0.600. The molecule has 18 heavy (non-hydrogen) atoms. The second-order valence-corrected chi connectivity index (χ2v) is 5.46. The van der Waals surface area contributed by atoms with Gasteiger partial charge < -0.3 is 5.32 Å². The lowest BCUT2D eigenvalue weighted by atomic mass is 9.85. The molecule has 1 aliphatic carbocycles. The van der Waals surface area contributed by atoms with E-state index in [0.717, 1.165) is 12.5 Å². The summed E-state index contributed by atoms with van der Waals surface area (Å²) in [6, 6.07) is 4.18. The van der Waals surface area contributed by atoms with Gasteiger partial charge in [0.15, 0.2) is 0 Å². The van der Waals surface area contributed by atoms with Crippen molar-refractivity contribution in [3.05, 3.63) is 35.4 Å². The number of rotatable bonds is 3. The van der Waals surface area contributed by atoms with Gasteiger partial charge in [-0.1, -0.05) is 19.8 Å². The van der Waals surface area contributed by atoms with Crippen LogP contribution in [0.4, 0.5) is 8.78 Å². The second-order valence-electron chi connectivity index (χ2n) is 5.46. The Balaban J connectivity index is 2.04. The van der Waals surface area contributed by atoms with E-state index in [9.17, 15) is 8.78 Å². The van der Waals surface area contributed by atoms with E-state index in [2.05, 4.69) is 12.2 Å². The lowest BCUT2D eigenvalue weighted by Gasteiger charge is -2.32. The highest BCUT2D eigenvalue weighted by atomic mass is 19.1. The molecule has 3 atom stereocenters. The Hall–Kier alpha value is -0.960. The standard InChI is InChI=1S/C15H21F2N/c1-10-5-3-4-6-15(10)18-11(2)12-7-13(16)9-14(17)8-12/h7-11,15,18H,3-6H2,1-2H3. The minimum absolute atomic E-state index is 0.0132. The first-order valence-electron chi connectivity index (χ1n) is 6.78. The fourth-order valence-electron chi connectivity index (χ4n) is 2.81. The molecular formula is C15H21F2N. The molecule has 1 aliphatic rings. The normalized spacial score (nSPS) is 26.0. The summed E-state index contributed by atoms with van der Waals surface area (Å²) < 4.78 is 26.4. The molecule has 1 N–H and O–H groups in total. The summed E-state index contributed by atoms with van der Waals surface area (Å²) in [6.45, 7) is 4.21. The van der Waals surface area contributed by atoms with Gasteiger partial charge in [0.25, 0.3) is 0 Å². The van der Waals surface area contributed by atoms with Gasteiger partial charge in [-0.2, -0.15) is 0 Å². The molecule has 100 valence electrons. The zero-order valence-electron chi connectivity index (χ0n) is 11.0. The maximum Gasteiger partial charge on any atom is 0.126 e. The summed E-state index contributed by atoms with van der Waals surface area (Å²) in [6.07, 6.45) is 4.93. The van der Waals surface area contributed by atoms with Crippen molar-refractivity contribution < 1.29 is 8.78 Å². The minimum Gasteiger partial charge on any atom is -0.307 e. The number of hydrogen-bond donors (Lipinski definition) is 1. The topological polar surface area (TPSA) is 12.0 Å². The van der Waals surface area contributed by atoms with Gasteiger partial charge in [0.2, 0.25) is 0 Å². The third kappa shape index (κ3) is 3.29. The van der Waals surface area contributed by atoms with E-state index >= 15 is 0 Å². The number of nitrogens with one attached hydrogen (secondary N) is 1. The van der Waals surface area contributed by atoms with Crippen LogP contribution in [0.15, 0.2) is 18.2 Å². The Kier molecular flexibility index (Phi) is 4.33. The highest BCUT2D eigenvalue weighted by Gasteiger charge is 2.23. The molecule has 0 heterocycles. The quantitative estimate of drug-likeness (QED) is 0.851. The van der Waals surface area contributed by atoms with E-state index in [1.165, 1.54) is 31.4 Å². The lowest BCUT2D eigenvalue weighted by Crippen LogP contribution is -2.38. The molecular weight excluding hydrogens is 232 g/mol. The molecule has 3 unspecified atom stereocenters. The third-order valence-electron chi connectivity index (χ3n) is 3.96. The van der Waals surface area contributed by atoms with Crippen LogP contribution < -0.4 is 5.32 Å². The average molecular weight is 253 g/mol. The van der Waals surface area contributed by atoms with Crippen molar-refractivity contribution in [2.75, 3.05) is 0 Å². The van der Waals surface area contributed by atoms with Crippen molar-refractivity contribution in [3.8, 4) is 0 Å². The fourth-order valence-corrected chi connectivity index (χ4v) is 2.81. The zero-order valence-corrected chi connectivity index (χ0v) is 11.0. The van der Waals surface area contributed by atoms with Gasteiger partial charge in [-0.05, 0) is 43.4 Å². The summed E-state index contributed by atoms with van der Waals surface area (Å²) in [5.74, 6) is -0.370. The van der Waals surface area contributed by atoms with Gasteiger partial charge in [0.1, 0.15) is 11.6 Å². The summed E-state index contributed by atoms with van der Waals surface area (Å²) in [4.78, 5) is 0. The van der Waals surface area contributed by atoms with Crippen LogP contribution >= 0.6 is 0 Å². The summed E-state index contributed by atoms with van der Waals surface area (Å²) in [5, 5.41) is 3.51. The SMILES string of the molecule is CC(NC1CCCCC1C)c1cc(F)cc(F)c1. The molecule has 0 saturated heterocycles. The first kappa shape index (κ1) is 13.5. The number of hydrogen-bond acceptors (Lipinski definition) is 1. The maximum absolute atomic E-state index is 13.2. The Morgan fingerprint density at radius 1 is 1.11 bits per heavy atom. The number of benzene rings is 1. The van der Waals surface area contributed by atoms with Crippen molar-refractivity contribution in [3.63, 3.8) is 0 Å². The summed E-state index contributed by atoms with van der Waals surface area (Å²) in [5.41, 5.74) is 0.685. The Morgan fingerprint density at radius 3 is 2.33 bits per heavy atom.